The van der Waals surface area contributed by atoms with Crippen LogP contribution >= 0.6 is 0 Å². The number of carboxylic acids is 1. The second kappa shape index (κ2) is 9.95. The van der Waals surface area contributed by atoms with Gasteiger partial charge in [0.05, 0.1) is 17.8 Å². The molecule has 0 radical (unpaired) electrons. The van der Waals surface area contributed by atoms with E-state index in [2.05, 4.69) is 22.1 Å². The number of rotatable bonds is 4. The molecule has 0 aliphatic carbocycles. The van der Waals surface area contributed by atoms with E-state index in [1.54, 1.807) is 24.0 Å². The first-order valence-corrected chi connectivity index (χ1v) is 10.4. The number of amides is 1. The van der Waals surface area contributed by atoms with Crippen LogP contribution in [0.25, 0.3) is 0 Å². The molecular weight excluding hydrogens is 464 g/mol. The number of halogens is 4. The second-order valence-corrected chi connectivity index (χ2v) is 8.40. The van der Waals surface area contributed by atoms with Gasteiger partial charge in [-0.3, -0.25) is 9.69 Å². The van der Waals surface area contributed by atoms with Gasteiger partial charge < -0.3 is 19.3 Å². The summed E-state index contributed by atoms with van der Waals surface area (Å²) in [6.45, 7) is 4.44. The smallest absolute Gasteiger partial charge is 0.475 e. The zero-order chi connectivity index (χ0) is 25.1. The summed E-state index contributed by atoms with van der Waals surface area (Å²) in [5, 5.41) is 10.9. The van der Waals surface area contributed by atoms with Gasteiger partial charge >= 0.3 is 12.1 Å². The van der Waals surface area contributed by atoms with E-state index in [9.17, 15) is 22.4 Å². The molecule has 34 heavy (non-hydrogen) atoms. The highest BCUT2D eigenvalue weighted by atomic mass is 19.4. The van der Waals surface area contributed by atoms with E-state index in [0.717, 1.165) is 19.4 Å². The Kier molecular flexibility index (Phi) is 7.44. The molecular formula is C21H24F4N4O5. The highest BCUT2D eigenvalue weighted by molar-refractivity contribution is 5.92. The van der Waals surface area contributed by atoms with Crippen molar-refractivity contribution in [2.24, 2.45) is 5.92 Å². The average Bonchev–Trinajstić information content (AvgIpc) is 3.18. The molecule has 1 atom stereocenters. The Labute approximate surface area is 192 Å². The van der Waals surface area contributed by atoms with Crippen LogP contribution in [0, 0.1) is 18.7 Å². The van der Waals surface area contributed by atoms with Crippen LogP contribution in [0.2, 0.25) is 0 Å². The number of likely N-dealkylation sites (N-methyl/N-ethyl adjacent to an activating group) is 1. The number of aliphatic carboxylic acids is 1. The van der Waals surface area contributed by atoms with E-state index in [4.69, 9.17) is 19.2 Å². The Bertz CT molecular complexity index is 1020. The molecule has 4 rings (SSSR count). The molecule has 2 aliphatic heterocycles. The Morgan fingerprint density at radius 3 is 2.59 bits per heavy atom. The van der Waals surface area contributed by atoms with Crippen molar-refractivity contribution in [3.63, 3.8) is 0 Å². The largest absolute Gasteiger partial charge is 0.490 e. The van der Waals surface area contributed by atoms with E-state index in [1.807, 2.05) is 0 Å². The van der Waals surface area contributed by atoms with Crippen molar-refractivity contribution < 1.29 is 41.5 Å². The number of nitrogens with zero attached hydrogens (tertiary/aromatic N) is 4. The fourth-order valence-corrected chi connectivity index (χ4v) is 4.02. The third-order valence-electron chi connectivity index (χ3n) is 5.87. The second-order valence-electron chi connectivity index (χ2n) is 8.40. The minimum Gasteiger partial charge on any atom is -0.475 e. The van der Waals surface area contributed by atoms with E-state index < -0.39 is 18.0 Å². The van der Waals surface area contributed by atoms with E-state index >= 15 is 0 Å². The number of likely N-dealkylation sites (tertiary alicyclic amines) is 2. The van der Waals surface area contributed by atoms with Crippen LogP contribution in [0.1, 0.15) is 29.1 Å². The zero-order valence-corrected chi connectivity index (χ0v) is 18.5. The fourth-order valence-electron chi connectivity index (χ4n) is 4.02. The summed E-state index contributed by atoms with van der Waals surface area (Å²) in [4.78, 5) is 29.4. The lowest BCUT2D eigenvalue weighted by atomic mass is 9.75. The summed E-state index contributed by atoms with van der Waals surface area (Å²) in [5.74, 6) is -2.69. The van der Waals surface area contributed by atoms with Gasteiger partial charge in [0, 0.05) is 25.4 Å². The van der Waals surface area contributed by atoms with Gasteiger partial charge in [-0.25, -0.2) is 14.2 Å². The zero-order valence-electron chi connectivity index (χ0n) is 18.5. The molecule has 4 heterocycles. The molecule has 2 fully saturated rings. The standard InChI is InChI=1S/C19H23FN4O3.C2HF3O2/c1-13-8-16(27-22-13)18(25)24-11-19(12-24)9-14(5-7-23(19)2)10-26-17-15(20)4-3-6-21-17;3-2(4,5)1(6)7/h3-4,6,8,14H,5,7,9-12H2,1-2H3;(H,6,7). The molecule has 2 aromatic rings. The number of hydrogen-bond acceptors (Lipinski definition) is 7. The van der Waals surface area contributed by atoms with Crippen LogP contribution in [0.15, 0.2) is 28.9 Å². The highest BCUT2D eigenvalue weighted by Crippen LogP contribution is 2.39. The summed E-state index contributed by atoms with van der Waals surface area (Å²) in [7, 11) is 2.09. The van der Waals surface area contributed by atoms with Gasteiger partial charge in [0.1, 0.15) is 0 Å². The van der Waals surface area contributed by atoms with Gasteiger partial charge in [-0.2, -0.15) is 13.2 Å². The van der Waals surface area contributed by atoms with Crippen LogP contribution in [0.3, 0.4) is 0 Å². The first-order valence-electron chi connectivity index (χ1n) is 10.4. The maximum absolute atomic E-state index is 13.7. The molecule has 2 saturated heterocycles. The number of carbonyl (C=O) groups excluding carboxylic acids is 1. The van der Waals surface area contributed by atoms with Gasteiger partial charge in [0.25, 0.3) is 5.91 Å². The molecule has 0 bridgehead atoms. The van der Waals surface area contributed by atoms with Crippen molar-refractivity contribution in [2.75, 3.05) is 33.3 Å². The van der Waals surface area contributed by atoms with Gasteiger partial charge in [-0.1, -0.05) is 5.16 Å². The number of carbonyl (C=O) groups is 2. The molecule has 2 aromatic heterocycles. The Morgan fingerprint density at radius 2 is 2.03 bits per heavy atom. The molecule has 13 heteroatoms. The first kappa shape index (κ1) is 25.4. The Balaban J connectivity index is 0.000000406. The predicted molar refractivity (Wildman–Crippen MR) is 109 cm³/mol. The van der Waals surface area contributed by atoms with Crippen molar-refractivity contribution in [1.82, 2.24) is 19.9 Å². The summed E-state index contributed by atoms with van der Waals surface area (Å²) in [6.07, 6.45) is -1.69. The van der Waals surface area contributed by atoms with E-state index in [0.29, 0.717) is 31.3 Å². The fraction of sp³-hybridized carbons (Fsp3) is 0.524. The quantitative estimate of drug-likeness (QED) is 0.655. The number of carboxylic acid groups (broad SMARTS) is 1. The number of alkyl halides is 3. The maximum atomic E-state index is 13.7. The van der Waals surface area contributed by atoms with Gasteiger partial charge in [0.15, 0.2) is 5.82 Å². The van der Waals surface area contributed by atoms with Gasteiger partial charge in [0.2, 0.25) is 11.6 Å². The molecule has 1 unspecified atom stereocenters. The number of ether oxygens (including phenoxy) is 1. The maximum Gasteiger partial charge on any atom is 0.490 e. The summed E-state index contributed by atoms with van der Waals surface area (Å²) >= 11 is 0. The molecule has 1 amide bonds. The summed E-state index contributed by atoms with van der Waals surface area (Å²) in [5.41, 5.74) is 0.641. The summed E-state index contributed by atoms with van der Waals surface area (Å²) < 4.78 is 56.1. The monoisotopic (exact) mass is 488 g/mol. The van der Waals surface area contributed by atoms with E-state index in [-0.39, 0.29) is 23.1 Å². The highest BCUT2D eigenvalue weighted by Gasteiger charge is 2.51. The minimum absolute atomic E-state index is 0.0524. The van der Waals surface area contributed by atoms with Crippen molar-refractivity contribution in [2.45, 2.75) is 31.5 Å². The molecule has 1 N–H and O–H groups in total. The molecule has 0 aromatic carbocycles. The van der Waals surface area contributed by atoms with Crippen molar-refractivity contribution in [3.05, 3.63) is 41.7 Å². The Morgan fingerprint density at radius 1 is 1.35 bits per heavy atom. The summed E-state index contributed by atoms with van der Waals surface area (Å²) in [6, 6.07) is 4.55. The van der Waals surface area contributed by atoms with Crippen LogP contribution in [-0.2, 0) is 4.79 Å². The van der Waals surface area contributed by atoms with Gasteiger partial charge in [-0.05, 0) is 51.4 Å². The van der Waals surface area contributed by atoms with E-state index in [1.165, 1.54) is 12.3 Å². The SMILES string of the molecule is Cc1cc(C(=O)N2CC3(CC(COc4ncccc4F)CCN3C)C2)on1.O=C(O)C(F)(F)F. The van der Waals surface area contributed by atoms with Crippen LogP contribution in [0.4, 0.5) is 17.6 Å². The van der Waals surface area contributed by atoms with Crippen molar-refractivity contribution >= 4 is 11.9 Å². The number of aryl methyl sites for hydroxylation is 1. The van der Waals surface area contributed by atoms with Crippen LogP contribution in [-0.4, -0.2) is 81.9 Å². The Hall–Kier alpha value is -3.22. The van der Waals surface area contributed by atoms with Gasteiger partial charge in [-0.15, -0.1) is 0 Å². The minimum atomic E-state index is -5.08. The molecule has 186 valence electrons. The van der Waals surface area contributed by atoms with Crippen LogP contribution in [0.5, 0.6) is 5.88 Å². The molecule has 0 saturated carbocycles. The molecule has 1 spiro atoms. The lowest BCUT2D eigenvalue weighted by Crippen LogP contribution is -2.72. The first-order chi connectivity index (χ1) is 15.9. The molecule has 9 nitrogen and oxygen atoms in total. The number of piperidine rings is 1. The van der Waals surface area contributed by atoms with Crippen molar-refractivity contribution in [1.29, 1.82) is 0 Å². The number of aromatic nitrogens is 2. The topological polar surface area (TPSA) is 109 Å². The normalized spacial score (nSPS) is 19.7. The lowest BCUT2D eigenvalue weighted by molar-refractivity contribution is -0.192. The lowest BCUT2D eigenvalue weighted by Gasteiger charge is -2.58. The third kappa shape index (κ3) is 5.82. The number of hydrogen-bond donors (Lipinski definition) is 1. The average molecular weight is 488 g/mol. The van der Waals surface area contributed by atoms with Crippen LogP contribution < -0.4 is 4.74 Å². The predicted octanol–water partition coefficient (Wildman–Crippen LogP) is 2.77. The number of pyridine rings is 1. The van der Waals surface area contributed by atoms with Crippen molar-refractivity contribution in [3.8, 4) is 5.88 Å². The molecule has 2 aliphatic rings. The third-order valence-corrected chi connectivity index (χ3v) is 5.87.